The van der Waals surface area contributed by atoms with Gasteiger partial charge in [0, 0.05) is 30.2 Å². The van der Waals surface area contributed by atoms with Crippen molar-refractivity contribution in [1.29, 1.82) is 0 Å². The van der Waals surface area contributed by atoms with E-state index in [4.69, 9.17) is 10.5 Å². The van der Waals surface area contributed by atoms with Crippen LogP contribution in [0.4, 0.5) is 5.69 Å². The summed E-state index contributed by atoms with van der Waals surface area (Å²) in [6.07, 6.45) is 0.691. The van der Waals surface area contributed by atoms with Gasteiger partial charge in [-0.25, -0.2) is 13.1 Å². The number of carbonyl (C=O) groups is 2. The van der Waals surface area contributed by atoms with Gasteiger partial charge in [0.15, 0.2) is 17.3 Å². The maximum absolute atomic E-state index is 13.1. The Morgan fingerprint density at radius 3 is 2.11 bits per heavy atom. The molecule has 0 unspecified atom stereocenters. The molecule has 4 rings (SSSR count). The zero-order valence-electron chi connectivity index (χ0n) is 20.2. The largest absolute Gasteiger partial charge is 0.507 e. The molecule has 0 amide bonds. The van der Waals surface area contributed by atoms with E-state index in [1.807, 2.05) is 21.1 Å². The molecule has 0 saturated carbocycles. The van der Waals surface area contributed by atoms with Crippen molar-refractivity contribution >= 4 is 27.3 Å². The van der Waals surface area contributed by atoms with Crippen LogP contribution in [0.2, 0.25) is 0 Å². The fourth-order valence-corrected chi connectivity index (χ4v) is 5.09. The maximum Gasteiger partial charge on any atom is 0.240 e. The summed E-state index contributed by atoms with van der Waals surface area (Å²) in [5.74, 6) is -1.21. The minimum Gasteiger partial charge on any atom is -0.507 e. The Morgan fingerprint density at radius 1 is 0.944 bits per heavy atom. The van der Waals surface area contributed by atoms with Crippen LogP contribution >= 0.6 is 0 Å². The molecule has 0 spiro atoms. The maximum atomic E-state index is 13.1. The molecule has 10 heteroatoms. The number of nitrogen functional groups attached to an aromatic ring is 1. The monoisotopic (exact) mass is 510 g/mol. The average molecular weight is 511 g/mol. The lowest BCUT2D eigenvalue weighted by Crippen LogP contribution is -2.37. The number of nitrogens with one attached hydrogen (secondary N) is 1. The van der Waals surface area contributed by atoms with Crippen LogP contribution in [-0.2, 0) is 10.0 Å². The van der Waals surface area contributed by atoms with Crippen LogP contribution < -0.4 is 15.2 Å². The molecule has 3 aromatic carbocycles. The highest BCUT2D eigenvalue weighted by Crippen LogP contribution is 2.42. The van der Waals surface area contributed by atoms with E-state index in [2.05, 4.69) is 4.72 Å². The smallest absolute Gasteiger partial charge is 0.240 e. The van der Waals surface area contributed by atoms with Gasteiger partial charge >= 0.3 is 0 Å². The number of quaternary nitrogens is 1. The standard InChI is InChI=1S/C26H27N3O6S/c1-29(2,3)14-6-13-28-36(33,34)17-11-9-16(10-12-17)35-21-15-20(30)22-23(24(21)27)26(32)19-8-5-4-7-18(19)25(22)31/h4-5,7-12,15,28H,6,13-14H2,1-3H3,(H2-,27,30,31,32)/p+1. The lowest BCUT2D eigenvalue weighted by Gasteiger charge is -2.23. The first-order chi connectivity index (χ1) is 16.9. The number of ketones is 2. The van der Waals surface area contributed by atoms with Crippen molar-refractivity contribution in [3.8, 4) is 17.2 Å². The van der Waals surface area contributed by atoms with Gasteiger partial charge in [-0.15, -0.1) is 0 Å². The molecular weight excluding hydrogens is 482 g/mol. The zero-order valence-corrected chi connectivity index (χ0v) is 21.1. The normalized spacial score (nSPS) is 13.3. The van der Waals surface area contributed by atoms with Crippen LogP contribution in [-0.4, -0.2) is 63.8 Å². The number of rotatable bonds is 8. The predicted octanol–water partition coefficient (Wildman–Crippen LogP) is 2.92. The molecule has 1 aliphatic carbocycles. The van der Waals surface area contributed by atoms with Crippen LogP contribution in [0.5, 0.6) is 17.2 Å². The molecular formula is C26H28N3O6S+. The first-order valence-electron chi connectivity index (χ1n) is 11.3. The highest BCUT2D eigenvalue weighted by molar-refractivity contribution is 7.89. The molecule has 3 aromatic rings. The van der Waals surface area contributed by atoms with E-state index in [-0.39, 0.29) is 44.3 Å². The Labute approximate surface area is 209 Å². The number of ether oxygens (including phenoxy) is 1. The molecule has 0 aliphatic heterocycles. The van der Waals surface area contributed by atoms with Crippen LogP contribution in [0.15, 0.2) is 59.5 Å². The number of fused-ring (bicyclic) bond motifs is 2. The molecule has 0 heterocycles. The lowest BCUT2D eigenvalue weighted by atomic mass is 9.82. The van der Waals surface area contributed by atoms with Crippen molar-refractivity contribution in [2.24, 2.45) is 0 Å². The number of benzene rings is 3. The summed E-state index contributed by atoms with van der Waals surface area (Å²) >= 11 is 0. The van der Waals surface area contributed by atoms with Gasteiger partial charge in [-0.2, -0.15) is 0 Å². The summed E-state index contributed by atoms with van der Waals surface area (Å²) in [5, 5.41) is 10.6. The zero-order chi connectivity index (χ0) is 26.3. The third kappa shape index (κ3) is 4.97. The molecule has 36 heavy (non-hydrogen) atoms. The Bertz CT molecular complexity index is 1460. The summed E-state index contributed by atoms with van der Waals surface area (Å²) in [6, 6.07) is 13.2. The number of sulfonamides is 1. The van der Waals surface area contributed by atoms with Gasteiger partial charge in [-0.1, -0.05) is 24.3 Å². The molecule has 0 saturated heterocycles. The molecule has 0 fully saturated rings. The van der Waals surface area contributed by atoms with Gasteiger partial charge in [0.1, 0.15) is 11.5 Å². The topological polar surface area (TPSA) is 136 Å². The first kappa shape index (κ1) is 25.4. The van der Waals surface area contributed by atoms with Crippen molar-refractivity contribution in [3.63, 3.8) is 0 Å². The SMILES string of the molecule is C[N+](C)(C)CCCNS(=O)(=O)c1ccc(Oc2cc(O)c3c(c2N)C(=O)c2ccccc2C3=O)cc1. The molecule has 0 radical (unpaired) electrons. The van der Waals surface area contributed by atoms with Crippen LogP contribution in [0.3, 0.4) is 0 Å². The fraction of sp³-hybridized carbons (Fsp3) is 0.231. The van der Waals surface area contributed by atoms with E-state index in [1.54, 1.807) is 12.1 Å². The van der Waals surface area contributed by atoms with Gasteiger partial charge in [-0.3, -0.25) is 9.59 Å². The number of phenols is 1. The number of carbonyl (C=O) groups excluding carboxylic acids is 2. The predicted molar refractivity (Wildman–Crippen MR) is 135 cm³/mol. The average Bonchev–Trinajstić information content (AvgIpc) is 2.82. The highest BCUT2D eigenvalue weighted by Gasteiger charge is 2.35. The summed E-state index contributed by atoms with van der Waals surface area (Å²) in [7, 11) is 2.41. The molecule has 0 bridgehead atoms. The van der Waals surface area contributed by atoms with Crippen LogP contribution in [0.25, 0.3) is 0 Å². The molecule has 0 aromatic heterocycles. The number of anilines is 1. The highest BCUT2D eigenvalue weighted by atomic mass is 32.2. The second kappa shape index (κ2) is 9.38. The second-order valence-electron chi connectivity index (χ2n) is 9.60. The van der Waals surface area contributed by atoms with Crippen molar-refractivity contribution in [1.82, 2.24) is 4.72 Å². The quantitative estimate of drug-likeness (QED) is 0.144. The van der Waals surface area contributed by atoms with Crippen molar-refractivity contribution in [2.45, 2.75) is 11.3 Å². The van der Waals surface area contributed by atoms with Crippen molar-refractivity contribution < 1.29 is 32.3 Å². The van der Waals surface area contributed by atoms with E-state index in [0.717, 1.165) is 11.0 Å². The Kier molecular flexibility index (Phi) is 6.61. The minimum atomic E-state index is -3.70. The molecule has 1 aliphatic rings. The van der Waals surface area contributed by atoms with Gasteiger partial charge in [0.05, 0.1) is 49.4 Å². The van der Waals surface area contributed by atoms with Gasteiger partial charge in [0.25, 0.3) is 0 Å². The third-order valence-electron chi connectivity index (χ3n) is 5.84. The molecule has 188 valence electrons. The molecule has 0 atom stereocenters. The summed E-state index contributed by atoms with van der Waals surface area (Å²) in [6.45, 7) is 1.14. The van der Waals surface area contributed by atoms with E-state index in [9.17, 15) is 23.1 Å². The van der Waals surface area contributed by atoms with Gasteiger partial charge < -0.3 is 20.1 Å². The molecule has 9 nitrogen and oxygen atoms in total. The number of nitrogens with zero attached hydrogens (tertiary/aromatic N) is 1. The van der Waals surface area contributed by atoms with E-state index < -0.39 is 27.3 Å². The summed E-state index contributed by atoms with van der Waals surface area (Å²) in [4.78, 5) is 26.0. The number of phenolic OH excluding ortho intramolecular Hbond substituents is 1. The number of nitrogens with two attached hydrogens (primary N) is 1. The minimum absolute atomic E-state index is 0.0270. The van der Waals surface area contributed by atoms with Crippen LogP contribution in [0.1, 0.15) is 38.3 Å². The fourth-order valence-electron chi connectivity index (χ4n) is 4.02. The number of aromatic hydroxyl groups is 1. The van der Waals surface area contributed by atoms with E-state index in [0.29, 0.717) is 13.0 Å². The van der Waals surface area contributed by atoms with Crippen LogP contribution in [0, 0.1) is 0 Å². The van der Waals surface area contributed by atoms with Crippen molar-refractivity contribution in [2.75, 3.05) is 40.0 Å². The van der Waals surface area contributed by atoms with E-state index >= 15 is 0 Å². The second-order valence-corrected chi connectivity index (χ2v) is 11.4. The molecule has 4 N–H and O–H groups in total. The van der Waals surface area contributed by atoms with Gasteiger partial charge in [0.2, 0.25) is 10.0 Å². The summed E-state index contributed by atoms with van der Waals surface area (Å²) in [5.41, 5.74) is 6.23. The third-order valence-corrected chi connectivity index (χ3v) is 7.32. The lowest BCUT2D eigenvalue weighted by molar-refractivity contribution is -0.870. The Balaban J connectivity index is 1.55. The summed E-state index contributed by atoms with van der Waals surface area (Å²) < 4.78 is 34.2. The van der Waals surface area contributed by atoms with Crippen molar-refractivity contribution in [3.05, 3.63) is 76.9 Å². The Hall–Kier alpha value is -3.73. The number of hydrogen-bond acceptors (Lipinski definition) is 7. The Morgan fingerprint density at radius 2 is 1.53 bits per heavy atom. The van der Waals surface area contributed by atoms with E-state index in [1.165, 1.54) is 42.5 Å². The number of hydrogen-bond donors (Lipinski definition) is 3. The first-order valence-corrected chi connectivity index (χ1v) is 12.8. The van der Waals surface area contributed by atoms with Gasteiger partial charge in [-0.05, 0) is 24.3 Å².